The van der Waals surface area contributed by atoms with Gasteiger partial charge in [-0.15, -0.1) is 0 Å². The molecule has 2 heterocycles. The van der Waals surface area contributed by atoms with Crippen LogP contribution in [0.3, 0.4) is 0 Å². The lowest BCUT2D eigenvalue weighted by Gasteiger charge is -2.33. The molecule has 6 heteroatoms. The van der Waals surface area contributed by atoms with Gasteiger partial charge in [0.2, 0.25) is 0 Å². The normalized spacial score (nSPS) is 29.1. The molecule has 0 aromatic heterocycles. The van der Waals surface area contributed by atoms with Crippen molar-refractivity contribution in [2.45, 2.75) is 42.4 Å². The van der Waals surface area contributed by atoms with E-state index in [0.29, 0.717) is 12.0 Å². The molecule has 2 aliphatic rings. The van der Waals surface area contributed by atoms with Gasteiger partial charge in [0.05, 0.1) is 10.8 Å². The Labute approximate surface area is 122 Å². The first-order valence-corrected chi connectivity index (χ1v) is 8.11. The van der Waals surface area contributed by atoms with Crippen molar-refractivity contribution in [3.63, 3.8) is 0 Å². The van der Waals surface area contributed by atoms with Crippen LogP contribution in [0.1, 0.15) is 36.8 Å². The van der Waals surface area contributed by atoms with Crippen LogP contribution in [0.15, 0.2) is 24.3 Å². The molecule has 114 valence electrons. The summed E-state index contributed by atoms with van der Waals surface area (Å²) in [7, 11) is -0.981. The average molecular weight is 318 g/mol. The number of allylic oxidation sites excluding steroid dienone is 1. The first-order valence-electron chi connectivity index (χ1n) is 6.84. The second-order valence-corrected chi connectivity index (χ2v) is 7.41. The Balaban J connectivity index is 2.04. The van der Waals surface area contributed by atoms with Crippen LogP contribution in [0.4, 0.5) is 17.6 Å². The van der Waals surface area contributed by atoms with Gasteiger partial charge in [-0.25, -0.2) is 4.39 Å². The molecule has 0 radical (unpaired) electrons. The van der Waals surface area contributed by atoms with Gasteiger partial charge in [0.15, 0.2) is 0 Å². The molecule has 3 rings (SSSR count). The van der Waals surface area contributed by atoms with Crippen LogP contribution in [-0.2, 0) is 17.0 Å². The molecule has 3 unspecified atom stereocenters. The predicted octanol–water partition coefficient (Wildman–Crippen LogP) is 4.30. The lowest BCUT2D eigenvalue weighted by atomic mass is 9.92. The van der Waals surface area contributed by atoms with Gasteiger partial charge >= 0.3 is 6.18 Å². The summed E-state index contributed by atoms with van der Waals surface area (Å²) in [6, 6.07) is 3.35. The van der Waals surface area contributed by atoms with Gasteiger partial charge in [-0.3, -0.25) is 4.21 Å². The molecule has 1 aromatic carbocycles. The molecular formula is C15H14F4OS. The molecule has 3 atom stereocenters. The van der Waals surface area contributed by atoms with Crippen LogP contribution < -0.4 is 0 Å². The van der Waals surface area contributed by atoms with Gasteiger partial charge in [-0.1, -0.05) is 24.6 Å². The maximum atomic E-state index is 14.2. The minimum Gasteiger partial charge on any atom is -0.259 e. The number of fused-ring (bicyclic) bond motifs is 2. The average Bonchev–Trinajstić information content (AvgIpc) is 2.37. The topological polar surface area (TPSA) is 17.1 Å². The van der Waals surface area contributed by atoms with E-state index in [2.05, 4.69) is 0 Å². The van der Waals surface area contributed by atoms with Crippen molar-refractivity contribution in [1.29, 1.82) is 0 Å². The second kappa shape index (κ2) is 5.23. The largest absolute Gasteiger partial charge is 0.419 e. The third-order valence-electron chi connectivity index (χ3n) is 4.13. The molecule has 0 saturated carbocycles. The summed E-state index contributed by atoms with van der Waals surface area (Å²) in [5.74, 6) is -1.22. The Morgan fingerprint density at radius 3 is 2.62 bits per heavy atom. The molecule has 0 aliphatic carbocycles. The van der Waals surface area contributed by atoms with Gasteiger partial charge in [-0.05, 0) is 30.9 Å². The molecule has 2 aliphatic heterocycles. The number of halogens is 4. The maximum absolute atomic E-state index is 14.2. The minimum atomic E-state index is -4.70. The summed E-state index contributed by atoms with van der Waals surface area (Å²) in [4.78, 5) is 0. The standard InChI is InChI=1S/C15H14F4OS/c16-14-12(5-2-6-13(14)15(17,18)19)9-7-10-3-1-4-11(8-9)21(10)20/h2,5-7,10-11H,1,3-4,8H2. The van der Waals surface area contributed by atoms with Gasteiger partial charge in [-0.2, -0.15) is 13.2 Å². The summed E-state index contributed by atoms with van der Waals surface area (Å²) >= 11 is 0. The first-order chi connectivity index (χ1) is 9.88. The van der Waals surface area contributed by atoms with E-state index in [1.54, 1.807) is 6.08 Å². The van der Waals surface area contributed by atoms with Gasteiger partial charge in [0.1, 0.15) is 5.82 Å². The Kier molecular flexibility index (Phi) is 3.67. The molecule has 1 aromatic rings. The highest BCUT2D eigenvalue weighted by molar-refractivity contribution is 7.86. The van der Waals surface area contributed by atoms with Crippen LogP contribution >= 0.6 is 0 Å². The fraction of sp³-hybridized carbons (Fsp3) is 0.467. The molecule has 1 fully saturated rings. The van der Waals surface area contributed by atoms with E-state index in [9.17, 15) is 21.8 Å². The summed E-state index contributed by atoms with van der Waals surface area (Å²) in [6.45, 7) is 0. The Hall–Kier alpha value is -1.17. The van der Waals surface area contributed by atoms with Crippen molar-refractivity contribution < 1.29 is 21.8 Å². The SMILES string of the molecule is O=S1C2C=C(c3cccc(C(F)(F)F)c3F)CC1CCC2. The predicted molar refractivity (Wildman–Crippen MR) is 73.6 cm³/mol. The molecule has 0 amide bonds. The zero-order valence-corrected chi connectivity index (χ0v) is 11.9. The van der Waals surface area contributed by atoms with Gasteiger partial charge in [0, 0.05) is 21.6 Å². The van der Waals surface area contributed by atoms with E-state index < -0.39 is 28.4 Å². The maximum Gasteiger partial charge on any atom is 0.419 e. The third kappa shape index (κ3) is 2.65. The van der Waals surface area contributed by atoms with E-state index in [-0.39, 0.29) is 16.1 Å². The molecule has 0 N–H and O–H groups in total. The smallest absolute Gasteiger partial charge is 0.259 e. The summed E-state index contributed by atoms with van der Waals surface area (Å²) < 4.78 is 64.6. The van der Waals surface area contributed by atoms with Crippen molar-refractivity contribution in [3.8, 4) is 0 Å². The molecule has 21 heavy (non-hydrogen) atoms. The highest BCUT2D eigenvalue weighted by atomic mass is 32.2. The van der Waals surface area contributed by atoms with E-state index in [1.165, 1.54) is 12.1 Å². The van der Waals surface area contributed by atoms with Crippen molar-refractivity contribution >= 4 is 16.4 Å². The van der Waals surface area contributed by atoms with Crippen LogP contribution in [0.25, 0.3) is 5.57 Å². The number of hydrogen-bond acceptors (Lipinski definition) is 1. The fourth-order valence-electron chi connectivity index (χ4n) is 3.10. The summed E-state index contributed by atoms with van der Waals surface area (Å²) in [5, 5.41) is -0.209. The summed E-state index contributed by atoms with van der Waals surface area (Å²) in [6.07, 6.45) is -0.0795. The van der Waals surface area contributed by atoms with Crippen molar-refractivity contribution in [1.82, 2.24) is 0 Å². The second-order valence-electron chi connectivity index (χ2n) is 5.48. The monoisotopic (exact) mass is 318 g/mol. The van der Waals surface area contributed by atoms with Gasteiger partial charge < -0.3 is 0 Å². The number of rotatable bonds is 1. The Morgan fingerprint density at radius 1 is 1.19 bits per heavy atom. The Bertz CT molecular complexity index is 621. The zero-order valence-electron chi connectivity index (χ0n) is 11.1. The number of hydrogen-bond donors (Lipinski definition) is 0. The Morgan fingerprint density at radius 2 is 1.95 bits per heavy atom. The van der Waals surface area contributed by atoms with E-state index >= 15 is 0 Å². The van der Waals surface area contributed by atoms with E-state index in [4.69, 9.17) is 0 Å². The molecule has 1 saturated heterocycles. The van der Waals surface area contributed by atoms with Crippen LogP contribution in [0.2, 0.25) is 0 Å². The highest BCUT2D eigenvalue weighted by Crippen LogP contribution is 2.40. The minimum absolute atomic E-state index is 0.00146. The van der Waals surface area contributed by atoms with Crippen molar-refractivity contribution in [3.05, 3.63) is 41.2 Å². The number of benzene rings is 1. The van der Waals surface area contributed by atoms with Crippen LogP contribution in [-0.4, -0.2) is 14.7 Å². The van der Waals surface area contributed by atoms with Crippen molar-refractivity contribution in [2.24, 2.45) is 0 Å². The third-order valence-corrected chi connectivity index (χ3v) is 6.15. The van der Waals surface area contributed by atoms with Crippen molar-refractivity contribution in [2.75, 3.05) is 0 Å². The van der Waals surface area contributed by atoms with E-state index in [0.717, 1.165) is 25.3 Å². The first kappa shape index (κ1) is 14.8. The van der Waals surface area contributed by atoms with Gasteiger partial charge in [0.25, 0.3) is 0 Å². The molecule has 0 spiro atoms. The zero-order chi connectivity index (χ0) is 15.2. The molecular weight excluding hydrogens is 304 g/mol. The number of alkyl halides is 3. The molecule has 2 bridgehead atoms. The fourth-order valence-corrected chi connectivity index (χ4v) is 5.03. The van der Waals surface area contributed by atoms with E-state index in [1.807, 2.05) is 0 Å². The highest BCUT2D eigenvalue weighted by Gasteiger charge is 2.37. The van der Waals surface area contributed by atoms with Crippen LogP contribution in [0, 0.1) is 5.82 Å². The quantitative estimate of drug-likeness (QED) is 0.706. The summed E-state index contributed by atoms with van der Waals surface area (Å²) in [5.41, 5.74) is -0.677. The van der Waals surface area contributed by atoms with Crippen LogP contribution in [0.5, 0.6) is 0 Å². The lowest BCUT2D eigenvalue weighted by Crippen LogP contribution is -2.33. The lowest BCUT2D eigenvalue weighted by molar-refractivity contribution is -0.140. The molecule has 1 nitrogen and oxygen atoms in total.